The largest absolute Gasteiger partial charge is 0.368 e. The summed E-state index contributed by atoms with van der Waals surface area (Å²) in [5, 5.41) is 0. The molecule has 3 nitrogen and oxygen atoms in total. The Kier molecular flexibility index (Phi) is 5.35. The van der Waals surface area contributed by atoms with Crippen LogP contribution in [-0.4, -0.2) is 49.0 Å². The first-order valence-electron chi connectivity index (χ1n) is 7.23. The van der Waals surface area contributed by atoms with E-state index < -0.39 is 0 Å². The van der Waals surface area contributed by atoms with Crippen molar-refractivity contribution in [1.29, 1.82) is 0 Å². The van der Waals surface area contributed by atoms with E-state index in [1.54, 1.807) is 11.8 Å². The highest BCUT2D eigenvalue weighted by atomic mass is 32.2. The van der Waals surface area contributed by atoms with Gasteiger partial charge in [-0.1, -0.05) is 26.0 Å². The highest BCUT2D eigenvalue weighted by Gasteiger charge is 2.20. The van der Waals surface area contributed by atoms with E-state index in [0.717, 1.165) is 26.2 Å². The summed E-state index contributed by atoms with van der Waals surface area (Å²) in [5.74, 6) is 1.45. The fourth-order valence-electron chi connectivity index (χ4n) is 2.50. The fourth-order valence-corrected chi connectivity index (χ4v) is 2.93. The zero-order valence-corrected chi connectivity index (χ0v) is 13.4. The summed E-state index contributed by atoms with van der Waals surface area (Å²) in [7, 11) is 0. The SMILES string of the molecule is CSCC(=O)N1CCN(c2ccc(C(C)C)cc2)CC1. The van der Waals surface area contributed by atoms with E-state index in [1.807, 2.05) is 11.2 Å². The summed E-state index contributed by atoms with van der Waals surface area (Å²) >= 11 is 1.60. The first kappa shape index (κ1) is 15.2. The molecule has 1 aliphatic heterocycles. The highest BCUT2D eigenvalue weighted by molar-refractivity contribution is 7.99. The lowest BCUT2D eigenvalue weighted by molar-refractivity contribution is -0.128. The maximum atomic E-state index is 11.8. The van der Waals surface area contributed by atoms with Gasteiger partial charge in [-0.15, -0.1) is 0 Å². The minimum Gasteiger partial charge on any atom is -0.368 e. The molecule has 0 aliphatic carbocycles. The van der Waals surface area contributed by atoms with Crippen molar-refractivity contribution in [3.63, 3.8) is 0 Å². The van der Waals surface area contributed by atoms with Crippen LogP contribution in [0.15, 0.2) is 24.3 Å². The topological polar surface area (TPSA) is 23.6 Å². The molecule has 0 N–H and O–H groups in total. The van der Waals surface area contributed by atoms with Crippen LogP contribution < -0.4 is 4.90 Å². The second-order valence-electron chi connectivity index (χ2n) is 5.55. The minimum atomic E-state index is 0.271. The summed E-state index contributed by atoms with van der Waals surface area (Å²) in [6, 6.07) is 8.83. The van der Waals surface area contributed by atoms with Gasteiger partial charge in [0.15, 0.2) is 0 Å². The molecule has 0 saturated carbocycles. The van der Waals surface area contributed by atoms with Crippen molar-refractivity contribution in [2.45, 2.75) is 19.8 Å². The molecule has 1 amide bonds. The van der Waals surface area contributed by atoms with E-state index in [1.165, 1.54) is 11.3 Å². The monoisotopic (exact) mass is 292 g/mol. The third-order valence-corrected chi connectivity index (χ3v) is 4.36. The molecule has 2 rings (SSSR count). The molecule has 0 radical (unpaired) electrons. The summed E-state index contributed by atoms with van der Waals surface area (Å²) in [6.45, 7) is 7.97. The van der Waals surface area contributed by atoms with Gasteiger partial charge in [0.25, 0.3) is 0 Å². The Labute approximate surface area is 126 Å². The van der Waals surface area contributed by atoms with E-state index in [2.05, 4.69) is 43.0 Å². The first-order valence-corrected chi connectivity index (χ1v) is 8.63. The lowest BCUT2D eigenvalue weighted by Crippen LogP contribution is -2.49. The molecule has 0 spiro atoms. The van der Waals surface area contributed by atoms with E-state index in [0.29, 0.717) is 11.7 Å². The highest BCUT2D eigenvalue weighted by Crippen LogP contribution is 2.21. The number of thioether (sulfide) groups is 1. The molecular weight excluding hydrogens is 268 g/mol. The van der Waals surface area contributed by atoms with Gasteiger partial charge in [0.2, 0.25) is 5.91 Å². The Morgan fingerprint density at radius 1 is 1.15 bits per heavy atom. The average molecular weight is 292 g/mol. The van der Waals surface area contributed by atoms with Gasteiger partial charge in [-0.25, -0.2) is 0 Å². The molecule has 1 aliphatic rings. The van der Waals surface area contributed by atoms with Gasteiger partial charge < -0.3 is 9.80 Å². The van der Waals surface area contributed by atoms with Crippen LogP contribution in [0.3, 0.4) is 0 Å². The molecule has 110 valence electrons. The van der Waals surface area contributed by atoms with Gasteiger partial charge >= 0.3 is 0 Å². The zero-order chi connectivity index (χ0) is 14.5. The number of nitrogens with zero attached hydrogens (tertiary/aromatic N) is 2. The second-order valence-corrected chi connectivity index (χ2v) is 6.41. The van der Waals surface area contributed by atoms with Gasteiger partial charge in [-0.05, 0) is 29.9 Å². The molecule has 20 heavy (non-hydrogen) atoms. The van der Waals surface area contributed by atoms with Gasteiger partial charge in [-0.3, -0.25) is 4.79 Å². The molecule has 1 aromatic carbocycles. The number of piperazine rings is 1. The van der Waals surface area contributed by atoms with Gasteiger partial charge in [-0.2, -0.15) is 11.8 Å². The van der Waals surface area contributed by atoms with E-state index in [4.69, 9.17) is 0 Å². The number of benzene rings is 1. The van der Waals surface area contributed by atoms with E-state index in [9.17, 15) is 4.79 Å². The quantitative estimate of drug-likeness (QED) is 0.852. The fraction of sp³-hybridized carbons (Fsp3) is 0.562. The van der Waals surface area contributed by atoms with Crippen molar-refractivity contribution in [1.82, 2.24) is 4.90 Å². The van der Waals surface area contributed by atoms with E-state index in [-0.39, 0.29) is 5.91 Å². The van der Waals surface area contributed by atoms with Gasteiger partial charge in [0, 0.05) is 31.9 Å². The van der Waals surface area contributed by atoms with Crippen LogP contribution in [0, 0.1) is 0 Å². The van der Waals surface area contributed by atoms with Crippen LogP contribution in [0.25, 0.3) is 0 Å². The van der Waals surface area contributed by atoms with Crippen molar-refractivity contribution >= 4 is 23.4 Å². The third kappa shape index (κ3) is 3.69. The van der Waals surface area contributed by atoms with Crippen LogP contribution in [0.2, 0.25) is 0 Å². The Balaban J connectivity index is 1.91. The van der Waals surface area contributed by atoms with Gasteiger partial charge in [0.1, 0.15) is 0 Å². The standard InChI is InChI=1S/C16H24N2OS/c1-13(2)14-4-6-15(7-5-14)17-8-10-18(11-9-17)16(19)12-20-3/h4-7,13H,8-12H2,1-3H3. The molecule has 1 saturated heterocycles. The average Bonchev–Trinajstić information content (AvgIpc) is 2.48. The molecule has 0 aromatic heterocycles. The summed E-state index contributed by atoms with van der Waals surface area (Å²) in [5.41, 5.74) is 2.65. The molecule has 1 aromatic rings. The maximum Gasteiger partial charge on any atom is 0.232 e. The van der Waals surface area contributed by atoms with Crippen molar-refractivity contribution < 1.29 is 4.79 Å². The normalized spacial score (nSPS) is 15.8. The Morgan fingerprint density at radius 3 is 2.25 bits per heavy atom. The smallest absolute Gasteiger partial charge is 0.232 e. The number of carbonyl (C=O) groups excluding carboxylic acids is 1. The van der Waals surface area contributed by atoms with Crippen LogP contribution in [0.1, 0.15) is 25.3 Å². The molecule has 0 bridgehead atoms. The molecule has 1 fully saturated rings. The number of amides is 1. The predicted octanol–water partition coefficient (Wildman–Crippen LogP) is 2.82. The summed E-state index contributed by atoms with van der Waals surface area (Å²) in [4.78, 5) is 16.2. The summed E-state index contributed by atoms with van der Waals surface area (Å²) in [6.07, 6.45) is 1.98. The number of anilines is 1. The van der Waals surface area contributed by atoms with Crippen molar-refractivity contribution in [2.75, 3.05) is 43.1 Å². The molecule has 0 unspecified atom stereocenters. The first-order chi connectivity index (χ1) is 9.61. The minimum absolute atomic E-state index is 0.271. The number of carbonyl (C=O) groups is 1. The van der Waals surface area contributed by atoms with Gasteiger partial charge in [0.05, 0.1) is 5.75 Å². The molecule has 0 atom stereocenters. The molecular formula is C16H24N2OS. The Morgan fingerprint density at radius 2 is 1.75 bits per heavy atom. The number of hydrogen-bond donors (Lipinski definition) is 0. The maximum absolute atomic E-state index is 11.8. The third-order valence-electron chi connectivity index (χ3n) is 3.83. The number of hydrogen-bond acceptors (Lipinski definition) is 3. The molecule has 1 heterocycles. The predicted molar refractivity (Wildman–Crippen MR) is 87.7 cm³/mol. The lowest BCUT2D eigenvalue weighted by atomic mass is 10.0. The van der Waals surface area contributed by atoms with Crippen LogP contribution in [-0.2, 0) is 4.79 Å². The Hall–Kier alpha value is -1.16. The van der Waals surface area contributed by atoms with Crippen LogP contribution in [0.4, 0.5) is 5.69 Å². The molecule has 4 heteroatoms. The van der Waals surface area contributed by atoms with Crippen molar-refractivity contribution in [3.05, 3.63) is 29.8 Å². The van der Waals surface area contributed by atoms with Crippen molar-refractivity contribution in [2.24, 2.45) is 0 Å². The van der Waals surface area contributed by atoms with Crippen molar-refractivity contribution in [3.8, 4) is 0 Å². The van der Waals surface area contributed by atoms with Crippen LogP contribution in [0.5, 0.6) is 0 Å². The lowest BCUT2D eigenvalue weighted by Gasteiger charge is -2.36. The zero-order valence-electron chi connectivity index (χ0n) is 12.6. The Bertz CT molecular complexity index is 436. The number of rotatable bonds is 4. The van der Waals surface area contributed by atoms with Crippen LogP contribution >= 0.6 is 11.8 Å². The summed E-state index contributed by atoms with van der Waals surface area (Å²) < 4.78 is 0. The second kappa shape index (κ2) is 7.02. The van der Waals surface area contributed by atoms with E-state index >= 15 is 0 Å².